The molecule has 7 heteroatoms. The molecule has 0 aliphatic heterocycles. The predicted molar refractivity (Wildman–Crippen MR) is 34.8 cm³/mol. The zero-order valence-electron chi connectivity index (χ0n) is 6.40. The van der Waals surface area contributed by atoms with E-state index >= 15 is 0 Å². The van der Waals surface area contributed by atoms with Crippen molar-refractivity contribution in [3.05, 3.63) is 0 Å². The fourth-order valence-corrected chi connectivity index (χ4v) is 0.642. The van der Waals surface area contributed by atoms with Crippen LogP contribution in [0.25, 0.3) is 0 Å². The Morgan fingerprint density at radius 1 is 1.23 bits per heavy atom. The Balaban J connectivity index is 4.24. The molecule has 3 atom stereocenters. The Morgan fingerprint density at radius 3 is 2.00 bits per heavy atom. The lowest BCUT2D eigenvalue weighted by Gasteiger charge is -2.23. The Labute approximate surface area is 71.6 Å². The Hall–Kier alpha value is -0.660. The average molecular weight is 202 g/mol. The fraction of sp³-hybridized carbons (Fsp3) is 0.833. The molecule has 0 saturated heterocycles. The van der Waals surface area contributed by atoms with Gasteiger partial charge in [-0.15, -0.1) is 0 Å². The lowest BCUT2D eigenvalue weighted by Crippen LogP contribution is -2.46. The minimum atomic E-state index is -5.01. The van der Waals surface area contributed by atoms with Crippen LogP contribution < -0.4 is 0 Å². The van der Waals surface area contributed by atoms with Crippen LogP contribution >= 0.6 is 0 Å². The summed E-state index contributed by atoms with van der Waals surface area (Å²) in [5, 5.41) is 25.8. The van der Waals surface area contributed by atoms with Crippen LogP contribution in [0.5, 0.6) is 0 Å². The molecule has 0 rings (SSSR count). The summed E-state index contributed by atoms with van der Waals surface area (Å²) < 4.78 is 35.1. The molecule has 0 aromatic rings. The number of rotatable bonds is 4. The number of carbonyl (C=O) groups is 1. The molecular formula is C6H9F3O4. The highest BCUT2D eigenvalue weighted by atomic mass is 19.4. The van der Waals surface area contributed by atoms with Gasteiger partial charge in [0.25, 0.3) is 0 Å². The van der Waals surface area contributed by atoms with Crippen molar-refractivity contribution in [3.8, 4) is 0 Å². The number of carbonyl (C=O) groups excluding carboxylic acids is 1. The first-order valence-electron chi connectivity index (χ1n) is 3.35. The van der Waals surface area contributed by atoms with E-state index in [4.69, 9.17) is 15.3 Å². The maximum atomic E-state index is 11.7. The van der Waals surface area contributed by atoms with Crippen LogP contribution in [-0.2, 0) is 4.79 Å². The first-order chi connectivity index (χ1) is 5.80. The van der Waals surface area contributed by atoms with E-state index < -0.39 is 30.9 Å². The summed E-state index contributed by atoms with van der Waals surface area (Å²) in [5.74, 6) is 0. The second-order valence-corrected chi connectivity index (χ2v) is 2.45. The number of aldehydes is 1. The van der Waals surface area contributed by atoms with Crippen molar-refractivity contribution < 1.29 is 33.3 Å². The molecule has 0 amide bonds. The second kappa shape index (κ2) is 4.54. The van der Waals surface area contributed by atoms with Gasteiger partial charge >= 0.3 is 6.18 Å². The molecular weight excluding hydrogens is 193 g/mol. The normalized spacial score (nSPS) is 19.2. The summed E-state index contributed by atoms with van der Waals surface area (Å²) in [6, 6.07) is 0. The van der Waals surface area contributed by atoms with Crippen LogP contribution in [0.1, 0.15) is 6.42 Å². The highest BCUT2D eigenvalue weighted by Crippen LogP contribution is 2.24. The van der Waals surface area contributed by atoms with Crippen LogP contribution in [0.15, 0.2) is 0 Å². The van der Waals surface area contributed by atoms with E-state index in [9.17, 15) is 18.0 Å². The van der Waals surface area contributed by atoms with Gasteiger partial charge in [0, 0.05) is 6.42 Å². The average Bonchev–Trinajstić information content (AvgIpc) is 2.00. The van der Waals surface area contributed by atoms with Crippen LogP contribution in [0.2, 0.25) is 0 Å². The first kappa shape index (κ1) is 12.3. The summed E-state index contributed by atoms with van der Waals surface area (Å²) >= 11 is 0. The fourth-order valence-electron chi connectivity index (χ4n) is 0.642. The molecule has 78 valence electrons. The van der Waals surface area contributed by atoms with Crippen LogP contribution in [0, 0.1) is 0 Å². The van der Waals surface area contributed by atoms with Gasteiger partial charge in [0.05, 0.1) is 6.10 Å². The van der Waals surface area contributed by atoms with Crippen molar-refractivity contribution in [1.29, 1.82) is 0 Å². The molecule has 0 aliphatic carbocycles. The van der Waals surface area contributed by atoms with Gasteiger partial charge in [-0.3, -0.25) is 0 Å². The third-order valence-electron chi connectivity index (χ3n) is 1.39. The summed E-state index contributed by atoms with van der Waals surface area (Å²) in [7, 11) is 0. The molecule has 0 saturated carbocycles. The largest absolute Gasteiger partial charge is 0.417 e. The van der Waals surface area contributed by atoms with Crippen LogP contribution in [0.4, 0.5) is 13.2 Å². The molecule has 0 fully saturated rings. The number of halogens is 3. The minimum absolute atomic E-state index is 0.150. The maximum absolute atomic E-state index is 11.7. The monoisotopic (exact) mass is 202 g/mol. The van der Waals surface area contributed by atoms with E-state index in [1.807, 2.05) is 0 Å². The van der Waals surface area contributed by atoms with E-state index in [0.29, 0.717) is 0 Å². The van der Waals surface area contributed by atoms with Gasteiger partial charge < -0.3 is 20.1 Å². The standard InChI is InChI=1S/C6H9F3O4/c7-6(8,9)5(13)4(12)3(11)1-2-10/h2-5,11-13H,1H2/t3-,4-,5-/m0/s1. The number of aliphatic hydroxyl groups is 3. The van der Waals surface area contributed by atoms with Crippen LogP contribution in [-0.4, -0.2) is 46.1 Å². The summed E-state index contributed by atoms with van der Waals surface area (Å²) in [4.78, 5) is 9.76. The lowest BCUT2D eigenvalue weighted by molar-refractivity contribution is -0.241. The van der Waals surface area contributed by atoms with Gasteiger partial charge in [0.15, 0.2) is 6.10 Å². The Bertz CT molecular complexity index is 170. The molecule has 0 aromatic heterocycles. The Kier molecular flexibility index (Phi) is 4.31. The molecule has 13 heavy (non-hydrogen) atoms. The summed E-state index contributed by atoms with van der Waals surface area (Å²) in [5.41, 5.74) is 0. The molecule has 4 nitrogen and oxygen atoms in total. The van der Waals surface area contributed by atoms with Crippen molar-refractivity contribution in [3.63, 3.8) is 0 Å². The summed E-state index contributed by atoms with van der Waals surface area (Å²) in [6.07, 6.45) is -12.9. The van der Waals surface area contributed by atoms with E-state index in [0.717, 1.165) is 0 Å². The Morgan fingerprint density at radius 2 is 1.69 bits per heavy atom. The predicted octanol–water partition coefficient (Wildman–Crippen LogP) is -0.780. The third-order valence-corrected chi connectivity index (χ3v) is 1.39. The lowest BCUT2D eigenvalue weighted by atomic mass is 10.1. The molecule has 0 radical (unpaired) electrons. The molecule has 0 unspecified atom stereocenters. The smallest absolute Gasteiger partial charge is 0.390 e. The zero-order valence-corrected chi connectivity index (χ0v) is 6.40. The highest BCUT2D eigenvalue weighted by Gasteiger charge is 2.45. The SMILES string of the molecule is O=CC[C@H](O)[C@H](O)[C@H](O)C(F)(F)F. The minimum Gasteiger partial charge on any atom is -0.390 e. The van der Waals surface area contributed by atoms with E-state index in [1.54, 1.807) is 0 Å². The molecule has 0 heterocycles. The number of hydrogen-bond donors (Lipinski definition) is 3. The van der Waals surface area contributed by atoms with Gasteiger partial charge in [0.2, 0.25) is 0 Å². The number of aliphatic hydroxyl groups excluding tert-OH is 3. The van der Waals surface area contributed by atoms with E-state index in [2.05, 4.69) is 0 Å². The van der Waals surface area contributed by atoms with Crippen molar-refractivity contribution in [2.75, 3.05) is 0 Å². The van der Waals surface area contributed by atoms with Gasteiger partial charge in [-0.1, -0.05) is 0 Å². The quantitative estimate of drug-likeness (QED) is 0.522. The third kappa shape index (κ3) is 3.71. The highest BCUT2D eigenvalue weighted by molar-refractivity contribution is 5.50. The van der Waals surface area contributed by atoms with Gasteiger partial charge in [0.1, 0.15) is 12.4 Å². The first-order valence-corrected chi connectivity index (χ1v) is 3.35. The zero-order chi connectivity index (χ0) is 10.6. The van der Waals surface area contributed by atoms with E-state index in [-0.39, 0.29) is 6.29 Å². The van der Waals surface area contributed by atoms with Crippen molar-refractivity contribution in [2.45, 2.75) is 30.9 Å². The van der Waals surface area contributed by atoms with Crippen LogP contribution in [0.3, 0.4) is 0 Å². The van der Waals surface area contributed by atoms with Crippen molar-refractivity contribution in [2.24, 2.45) is 0 Å². The molecule has 3 N–H and O–H groups in total. The van der Waals surface area contributed by atoms with E-state index in [1.165, 1.54) is 0 Å². The molecule has 0 aliphatic rings. The van der Waals surface area contributed by atoms with Crippen molar-refractivity contribution in [1.82, 2.24) is 0 Å². The van der Waals surface area contributed by atoms with Gasteiger partial charge in [-0.2, -0.15) is 13.2 Å². The molecule has 0 spiro atoms. The number of alkyl halides is 3. The van der Waals surface area contributed by atoms with Gasteiger partial charge in [-0.05, 0) is 0 Å². The molecule has 0 bridgehead atoms. The second-order valence-electron chi connectivity index (χ2n) is 2.45. The van der Waals surface area contributed by atoms with Crippen molar-refractivity contribution >= 4 is 6.29 Å². The molecule has 0 aromatic carbocycles. The summed E-state index contributed by atoms with van der Waals surface area (Å²) in [6.45, 7) is 0. The van der Waals surface area contributed by atoms with Gasteiger partial charge in [-0.25, -0.2) is 0 Å². The number of hydrogen-bond acceptors (Lipinski definition) is 4. The maximum Gasteiger partial charge on any atom is 0.417 e. The topological polar surface area (TPSA) is 77.8 Å².